The second kappa shape index (κ2) is 7.29. The summed E-state index contributed by atoms with van der Waals surface area (Å²) in [5.41, 5.74) is 8.46. The van der Waals surface area contributed by atoms with E-state index in [0.717, 1.165) is 30.0 Å². The van der Waals surface area contributed by atoms with Crippen molar-refractivity contribution in [2.45, 2.75) is 6.42 Å². The predicted octanol–water partition coefficient (Wildman–Crippen LogP) is 3.64. The van der Waals surface area contributed by atoms with Crippen LogP contribution in [0, 0.1) is 0 Å². The number of anilines is 1. The molecule has 0 spiro atoms. The van der Waals surface area contributed by atoms with Crippen LogP contribution >= 0.6 is 23.8 Å². The molecule has 0 radical (unpaired) electrons. The van der Waals surface area contributed by atoms with Crippen molar-refractivity contribution in [3.63, 3.8) is 0 Å². The molecule has 2 aromatic rings. The fourth-order valence-corrected chi connectivity index (χ4v) is 2.32. The second-order valence-corrected chi connectivity index (χ2v) is 5.43. The maximum Gasteiger partial charge on any atom is 0.118 e. The van der Waals surface area contributed by atoms with Gasteiger partial charge in [-0.05, 0) is 42.3 Å². The molecule has 0 aliphatic heterocycles. The lowest BCUT2D eigenvalue weighted by atomic mass is 10.1. The molecule has 0 atom stereocenters. The Hall–Kier alpha value is -1.78. The molecule has 0 heterocycles. The first-order chi connectivity index (χ1) is 10.1. The topological polar surface area (TPSA) is 47.3 Å². The summed E-state index contributed by atoms with van der Waals surface area (Å²) in [6.07, 6.45) is 0.900. The van der Waals surface area contributed by atoms with E-state index in [1.807, 2.05) is 24.3 Å². The van der Waals surface area contributed by atoms with E-state index in [4.69, 9.17) is 34.3 Å². The molecule has 0 fully saturated rings. The van der Waals surface area contributed by atoms with Crippen LogP contribution in [0.25, 0.3) is 0 Å². The maximum atomic E-state index is 6.20. The zero-order chi connectivity index (χ0) is 15.2. The Morgan fingerprint density at radius 1 is 1.24 bits per heavy atom. The largest absolute Gasteiger partial charge is 0.497 e. The van der Waals surface area contributed by atoms with E-state index >= 15 is 0 Å². The average Bonchev–Trinajstić information content (AvgIpc) is 2.49. The Bertz CT molecular complexity index is 629. The van der Waals surface area contributed by atoms with Crippen LogP contribution in [0.1, 0.15) is 11.1 Å². The number of halogens is 1. The number of nitrogens with one attached hydrogen (secondary N) is 1. The zero-order valence-electron chi connectivity index (χ0n) is 11.7. The molecule has 2 rings (SSSR count). The van der Waals surface area contributed by atoms with E-state index in [9.17, 15) is 0 Å². The van der Waals surface area contributed by atoms with Gasteiger partial charge in [0.05, 0.1) is 17.8 Å². The lowest BCUT2D eigenvalue weighted by Gasteiger charge is -2.10. The molecule has 0 bridgehead atoms. The molecular formula is C16H17ClN2OS. The highest BCUT2D eigenvalue weighted by Gasteiger charge is 2.03. The van der Waals surface area contributed by atoms with Crippen molar-refractivity contribution in [2.75, 3.05) is 19.0 Å². The quantitative estimate of drug-likeness (QED) is 0.798. The average molecular weight is 321 g/mol. The van der Waals surface area contributed by atoms with E-state index in [2.05, 4.69) is 17.4 Å². The van der Waals surface area contributed by atoms with E-state index in [0.29, 0.717) is 10.0 Å². The fraction of sp³-hybridized carbons (Fsp3) is 0.188. The number of benzene rings is 2. The predicted molar refractivity (Wildman–Crippen MR) is 92.5 cm³/mol. The summed E-state index contributed by atoms with van der Waals surface area (Å²) >= 11 is 11.1. The van der Waals surface area contributed by atoms with Crippen LogP contribution in [0.2, 0.25) is 5.02 Å². The highest BCUT2D eigenvalue weighted by atomic mass is 35.5. The third kappa shape index (κ3) is 4.34. The molecule has 0 aromatic heterocycles. The number of thiocarbonyl (C=S) groups is 1. The van der Waals surface area contributed by atoms with Gasteiger partial charge >= 0.3 is 0 Å². The van der Waals surface area contributed by atoms with Crippen LogP contribution < -0.4 is 15.8 Å². The van der Waals surface area contributed by atoms with Crippen molar-refractivity contribution in [1.82, 2.24) is 0 Å². The number of ether oxygens (including phenoxy) is 1. The first-order valence-corrected chi connectivity index (χ1v) is 7.35. The summed E-state index contributed by atoms with van der Waals surface area (Å²) in [6, 6.07) is 13.6. The van der Waals surface area contributed by atoms with Crippen molar-refractivity contribution >= 4 is 34.5 Å². The van der Waals surface area contributed by atoms with Crippen LogP contribution in [0.3, 0.4) is 0 Å². The molecule has 3 N–H and O–H groups in total. The number of hydrogen-bond acceptors (Lipinski definition) is 3. The third-order valence-electron chi connectivity index (χ3n) is 3.14. The van der Waals surface area contributed by atoms with Gasteiger partial charge in [0, 0.05) is 12.1 Å². The molecule has 0 amide bonds. The third-order valence-corrected chi connectivity index (χ3v) is 3.69. The van der Waals surface area contributed by atoms with Crippen LogP contribution in [0.15, 0.2) is 42.5 Å². The zero-order valence-corrected chi connectivity index (χ0v) is 13.3. The molecule has 2 aromatic carbocycles. The van der Waals surface area contributed by atoms with Gasteiger partial charge in [-0.25, -0.2) is 0 Å². The monoisotopic (exact) mass is 320 g/mol. The Balaban J connectivity index is 1.92. The Kier molecular flexibility index (Phi) is 5.42. The van der Waals surface area contributed by atoms with Crippen LogP contribution in [-0.4, -0.2) is 18.6 Å². The minimum Gasteiger partial charge on any atom is -0.497 e. The van der Waals surface area contributed by atoms with Crippen molar-refractivity contribution in [1.29, 1.82) is 0 Å². The molecule has 0 saturated heterocycles. The summed E-state index contributed by atoms with van der Waals surface area (Å²) in [5.74, 6) is 0.864. The van der Waals surface area contributed by atoms with Gasteiger partial charge < -0.3 is 15.8 Å². The molecule has 5 heteroatoms. The van der Waals surface area contributed by atoms with E-state index in [1.165, 1.54) is 5.56 Å². The molecule has 0 unspecified atom stereocenters. The highest BCUT2D eigenvalue weighted by Crippen LogP contribution is 2.23. The van der Waals surface area contributed by atoms with Gasteiger partial charge in [-0.1, -0.05) is 36.0 Å². The smallest absolute Gasteiger partial charge is 0.118 e. The van der Waals surface area contributed by atoms with Gasteiger partial charge in [-0.3, -0.25) is 0 Å². The highest BCUT2D eigenvalue weighted by molar-refractivity contribution is 7.80. The normalized spacial score (nSPS) is 10.2. The first-order valence-electron chi connectivity index (χ1n) is 6.56. The molecular weight excluding hydrogens is 304 g/mol. The van der Waals surface area contributed by atoms with Crippen LogP contribution in [0.5, 0.6) is 5.75 Å². The summed E-state index contributed by atoms with van der Waals surface area (Å²) < 4.78 is 5.14. The van der Waals surface area contributed by atoms with Gasteiger partial charge in [0.1, 0.15) is 10.7 Å². The van der Waals surface area contributed by atoms with Gasteiger partial charge in [-0.2, -0.15) is 0 Å². The molecule has 110 valence electrons. The SMILES string of the molecule is COc1ccc(CCNc2ccc(C(N)=S)cc2Cl)cc1. The molecule has 0 saturated carbocycles. The first kappa shape index (κ1) is 15.6. The Labute approximate surface area is 135 Å². The lowest BCUT2D eigenvalue weighted by Crippen LogP contribution is -2.10. The van der Waals surface area contributed by atoms with E-state index < -0.39 is 0 Å². The van der Waals surface area contributed by atoms with E-state index in [-0.39, 0.29) is 0 Å². The van der Waals surface area contributed by atoms with Crippen LogP contribution in [-0.2, 0) is 6.42 Å². The molecule has 21 heavy (non-hydrogen) atoms. The Morgan fingerprint density at radius 2 is 1.95 bits per heavy atom. The fourth-order valence-electron chi connectivity index (χ4n) is 1.95. The van der Waals surface area contributed by atoms with Gasteiger partial charge in [-0.15, -0.1) is 0 Å². The summed E-state index contributed by atoms with van der Waals surface area (Å²) in [5, 5.41) is 3.93. The minimum atomic E-state index is 0.349. The number of hydrogen-bond donors (Lipinski definition) is 2. The standard InChI is InChI=1S/C16H17ClN2OS/c1-20-13-5-2-11(3-6-13)8-9-19-15-7-4-12(16(18)21)10-14(15)17/h2-7,10,19H,8-9H2,1H3,(H2,18,21). The lowest BCUT2D eigenvalue weighted by molar-refractivity contribution is 0.414. The van der Waals surface area contributed by atoms with E-state index in [1.54, 1.807) is 13.2 Å². The molecule has 0 aliphatic carbocycles. The van der Waals surface area contributed by atoms with Crippen molar-refractivity contribution in [3.8, 4) is 5.75 Å². The minimum absolute atomic E-state index is 0.349. The molecule has 3 nitrogen and oxygen atoms in total. The summed E-state index contributed by atoms with van der Waals surface area (Å²) in [6.45, 7) is 0.790. The van der Waals surface area contributed by atoms with Crippen molar-refractivity contribution in [3.05, 3.63) is 58.6 Å². The van der Waals surface area contributed by atoms with Gasteiger partial charge in [0.25, 0.3) is 0 Å². The number of rotatable bonds is 6. The number of methoxy groups -OCH3 is 1. The van der Waals surface area contributed by atoms with Gasteiger partial charge in [0.2, 0.25) is 0 Å². The maximum absolute atomic E-state index is 6.20. The second-order valence-electron chi connectivity index (χ2n) is 4.58. The van der Waals surface area contributed by atoms with Crippen molar-refractivity contribution < 1.29 is 4.74 Å². The molecule has 0 aliphatic rings. The van der Waals surface area contributed by atoms with Crippen molar-refractivity contribution in [2.24, 2.45) is 5.73 Å². The van der Waals surface area contributed by atoms with Crippen LogP contribution in [0.4, 0.5) is 5.69 Å². The summed E-state index contributed by atoms with van der Waals surface area (Å²) in [4.78, 5) is 0.349. The summed E-state index contributed by atoms with van der Waals surface area (Å²) in [7, 11) is 1.66. The van der Waals surface area contributed by atoms with Gasteiger partial charge in [0.15, 0.2) is 0 Å². The Morgan fingerprint density at radius 3 is 2.52 bits per heavy atom. The number of nitrogens with two attached hydrogens (primary N) is 1.